The molecule has 1 unspecified atom stereocenters. The first-order valence-corrected chi connectivity index (χ1v) is 9.28. The molecule has 2 rings (SSSR count). The number of carbonyl (C=O) groups is 1. The van der Waals surface area contributed by atoms with Crippen molar-refractivity contribution in [2.45, 2.75) is 37.1 Å². The Bertz CT molecular complexity index is 722. The number of amides is 1. The third-order valence-corrected chi connectivity index (χ3v) is 5.67. The highest BCUT2D eigenvalue weighted by molar-refractivity contribution is 9.10. The van der Waals surface area contributed by atoms with Crippen LogP contribution in [0.4, 0.5) is 0 Å². The van der Waals surface area contributed by atoms with E-state index in [-0.39, 0.29) is 28.8 Å². The summed E-state index contributed by atoms with van der Waals surface area (Å²) in [4.78, 5) is 12.5. The highest BCUT2D eigenvalue weighted by atomic mass is 79.9. The number of sulfonamides is 1. The SMILES string of the molecule is Cc1c(C(=O)NC(C)(CN)C2CC2)cc(Br)cc1S(N)(=O)=O.Cl. The summed E-state index contributed by atoms with van der Waals surface area (Å²) in [5.74, 6) is 0.0233. The second kappa shape index (κ2) is 7.06. The number of hydrogen-bond donors (Lipinski definition) is 3. The van der Waals surface area contributed by atoms with E-state index in [9.17, 15) is 13.2 Å². The van der Waals surface area contributed by atoms with Crippen LogP contribution in [-0.4, -0.2) is 26.4 Å². The summed E-state index contributed by atoms with van der Waals surface area (Å²) in [5, 5.41) is 8.15. The Morgan fingerprint density at radius 2 is 2.00 bits per heavy atom. The van der Waals surface area contributed by atoms with Gasteiger partial charge in [0.25, 0.3) is 5.91 Å². The zero-order valence-electron chi connectivity index (χ0n) is 12.9. The summed E-state index contributed by atoms with van der Waals surface area (Å²) in [7, 11) is -3.90. The van der Waals surface area contributed by atoms with Crippen LogP contribution in [-0.2, 0) is 10.0 Å². The Balaban J connectivity index is 0.00000264. The summed E-state index contributed by atoms with van der Waals surface area (Å²) in [6.07, 6.45) is 2.07. The van der Waals surface area contributed by atoms with Crippen molar-refractivity contribution in [3.8, 4) is 0 Å². The highest BCUT2D eigenvalue weighted by Crippen LogP contribution is 2.39. The predicted molar refractivity (Wildman–Crippen MR) is 95.1 cm³/mol. The molecular weight excluding hydrogens is 406 g/mol. The van der Waals surface area contributed by atoms with E-state index in [1.807, 2.05) is 6.92 Å². The van der Waals surface area contributed by atoms with Crippen LogP contribution in [0.2, 0.25) is 0 Å². The van der Waals surface area contributed by atoms with Gasteiger partial charge < -0.3 is 11.1 Å². The minimum absolute atomic E-state index is 0. The van der Waals surface area contributed by atoms with Crippen molar-refractivity contribution in [3.63, 3.8) is 0 Å². The molecule has 23 heavy (non-hydrogen) atoms. The fourth-order valence-electron chi connectivity index (χ4n) is 2.55. The van der Waals surface area contributed by atoms with Crippen molar-refractivity contribution in [1.82, 2.24) is 5.32 Å². The molecule has 130 valence electrons. The standard InChI is InChI=1S/C14H20BrN3O3S.ClH/c1-8-11(5-10(15)6-12(8)22(17,20)21)13(19)18-14(2,7-16)9-3-4-9;/h5-6,9H,3-4,7,16H2,1-2H3,(H,18,19)(H2,17,20,21);1H. The van der Waals surface area contributed by atoms with Crippen LogP contribution in [0, 0.1) is 12.8 Å². The fourth-order valence-corrected chi connectivity index (χ4v) is 3.99. The predicted octanol–water partition coefficient (Wildman–Crippen LogP) is 1.68. The Kier molecular flexibility index (Phi) is 6.26. The van der Waals surface area contributed by atoms with Gasteiger partial charge in [0.2, 0.25) is 10.0 Å². The third-order valence-electron chi connectivity index (χ3n) is 4.18. The molecule has 1 fully saturated rings. The molecule has 0 radical (unpaired) electrons. The molecule has 0 saturated heterocycles. The van der Waals surface area contributed by atoms with Gasteiger partial charge in [-0.15, -0.1) is 12.4 Å². The molecule has 0 spiro atoms. The lowest BCUT2D eigenvalue weighted by atomic mass is 9.95. The van der Waals surface area contributed by atoms with E-state index in [0.29, 0.717) is 22.5 Å². The van der Waals surface area contributed by atoms with Gasteiger partial charge in [-0.2, -0.15) is 0 Å². The second-order valence-corrected chi connectivity index (χ2v) is 8.42. The summed E-state index contributed by atoms with van der Waals surface area (Å²) >= 11 is 3.22. The molecule has 1 aromatic rings. The quantitative estimate of drug-likeness (QED) is 0.664. The minimum Gasteiger partial charge on any atom is -0.345 e. The van der Waals surface area contributed by atoms with Crippen LogP contribution in [0.15, 0.2) is 21.5 Å². The second-order valence-electron chi connectivity index (χ2n) is 5.97. The molecule has 1 saturated carbocycles. The summed E-state index contributed by atoms with van der Waals surface area (Å²) in [6, 6.07) is 2.98. The van der Waals surface area contributed by atoms with Crippen LogP contribution in [0.3, 0.4) is 0 Å². The normalized spacial score (nSPS) is 17.1. The maximum atomic E-state index is 12.6. The Morgan fingerprint density at radius 3 is 2.43 bits per heavy atom. The molecule has 0 heterocycles. The summed E-state index contributed by atoms with van der Waals surface area (Å²) in [5.41, 5.74) is 5.93. The van der Waals surface area contributed by atoms with Gasteiger partial charge >= 0.3 is 0 Å². The molecule has 1 atom stereocenters. The zero-order chi connectivity index (χ0) is 16.7. The van der Waals surface area contributed by atoms with Crippen LogP contribution in [0.5, 0.6) is 0 Å². The van der Waals surface area contributed by atoms with E-state index in [1.54, 1.807) is 13.0 Å². The molecule has 1 aliphatic carbocycles. The van der Waals surface area contributed by atoms with Gasteiger partial charge in [0.15, 0.2) is 0 Å². The van der Waals surface area contributed by atoms with E-state index in [4.69, 9.17) is 10.9 Å². The number of primary sulfonamides is 1. The van der Waals surface area contributed by atoms with Gasteiger partial charge in [0.1, 0.15) is 0 Å². The van der Waals surface area contributed by atoms with Crippen LogP contribution in [0.25, 0.3) is 0 Å². The van der Waals surface area contributed by atoms with Gasteiger partial charge in [0.05, 0.1) is 10.4 Å². The van der Waals surface area contributed by atoms with E-state index in [0.717, 1.165) is 12.8 Å². The first-order chi connectivity index (χ1) is 10.1. The maximum absolute atomic E-state index is 12.6. The summed E-state index contributed by atoms with van der Waals surface area (Å²) < 4.78 is 23.8. The largest absolute Gasteiger partial charge is 0.345 e. The maximum Gasteiger partial charge on any atom is 0.252 e. The van der Waals surface area contributed by atoms with Gasteiger partial charge in [-0.05, 0) is 50.3 Å². The van der Waals surface area contributed by atoms with Gasteiger partial charge in [0, 0.05) is 16.6 Å². The third kappa shape index (κ3) is 4.45. The minimum atomic E-state index is -3.90. The average Bonchev–Trinajstić information content (AvgIpc) is 3.24. The van der Waals surface area contributed by atoms with Crippen molar-refractivity contribution in [2.24, 2.45) is 16.8 Å². The Labute approximate surface area is 151 Å². The molecule has 0 bridgehead atoms. The van der Waals surface area contributed by atoms with Gasteiger partial charge in [-0.3, -0.25) is 4.79 Å². The van der Waals surface area contributed by atoms with Crippen LogP contribution >= 0.6 is 28.3 Å². The smallest absolute Gasteiger partial charge is 0.252 e. The number of carbonyl (C=O) groups excluding carboxylic acids is 1. The van der Waals surface area contributed by atoms with Gasteiger partial charge in [-0.25, -0.2) is 13.6 Å². The van der Waals surface area contributed by atoms with Crippen molar-refractivity contribution >= 4 is 44.3 Å². The molecule has 1 amide bonds. The number of rotatable bonds is 5. The van der Waals surface area contributed by atoms with Crippen molar-refractivity contribution in [2.75, 3.05) is 6.54 Å². The molecule has 1 aliphatic rings. The molecular formula is C14H21BrClN3O3S. The van der Waals surface area contributed by atoms with E-state index in [1.165, 1.54) is 6.07 Å². The molecule has 6 nitrogen and oxygen atoms in total. The monoisotopic (exact) mass is 425 g/mol. The van der Waals surface area contributed by atoms with E-state index >= 15 is 0 Å². The van der Waals surface area contributed by atoms with Gasteiger partial charge in [-0.1, -0.05) is 15.9 Å². The highest BCUT2D eigenvalue weighted by Gasteiger charge is 2.41. The number of halogens is 2. The van der Waals surface area contributed by atoms with Crippen LogP contribution in [0.1, 0.15) is 35.7 Å². The van der Waals surface area contributed by atoms with E-state index in [2.05, 4.69) is 21.2 Å². The molecule has 0 aromatic heterocycles. The molecule has 5 N–H and O–H groups in total. The van der Waals surface area contributed by atoms with Crippen molar-refractivity contribution < 1.29 is 13.2 Å². The first kappa shape index (κ1) is 20.4. The van der Waals surface area contributed by atoms with Crippen LogP contribution < -0.4 is 16.2 Å². The molecule has 0 aliphatic heterocycles. The Hall–Kier alpha value is -0.670. The van der Waals surface area contributed by atoms with Crippen molar-refractivity contribution in [3.05, 3.63) is 27.7 Å². The Morgan fingerprint density at radius 1 is 1.43 bits per heavy atom. The number of nitrogens with one attached hydrogen (secondary N) is 1. The number of hydrogen-bond acceptors (Lipinski definition) is 4. The zero-order valence-corrected chi connectivity index (χ0v) is 16.1. The lowest BCUT2D eigenvalue weighted by Crippen LogP contribution is -2.53. The first-order valence-electron chi connectivity index (χ1n) is 6.94. The summed E-state index contributed by atoms with van der Waals surface area (Å²) in [6.45, 7) is 3.81. The topological polar surface area (TPSA) is 115 Å². The molecule has 1 aromatic carbocycles. The van der Waals surface area contributed by atoms with E-state index < -0.39 is 15.6 Å². The number of nitrogens with two attached hydrogens (primary N) is 2. The molecule has 9 heteroatoms. The average molecular weight is 427 g/mol. The van der Waals surface area contributed by atoms with Crippen molar-refractivity contribution in [1.29, 1.82) is 0 Å². The fraction of sp³-hybridized carbons (Fsp3) is 0.500. The number of benzene rings is 1. The lowest BCUT2D eigenvalue weighted by Gasteiger charge is -2.30. The lowest BCUT2D eigenvalue weighted by molar-refractivity contribution is 0.0897.